The second-order valence-corrected chi connectivity index (χ2v) is 6.87. The zero-order chi connectivity index (χ0) is 10.5. The smallest absolute Gasteiger partial charge is 0.313 e. The van der Waals surface area contributed by atoms with Crippen molar-refractivity contribution in [3.63, 3.8) is 0 Å². The van der Waals surface area contributed by atoms with Crippen LogP contribution in [-0.4, -0.2) is 13.1 Å². The largest absolute Gasteiger partial charge is 0.469 e. The molecule has 0 N–H and O–H groups in total. The summed E-state index contributed by atoms with van der Waals surface area (Å²) in [7, 11) is 1.58. The zero-order valence-corrected chi connectivity index (χ0v) is 9.27. The Morgan fingerprint density at radius 2 is 2.12 bits per heavy atom. The quantitative estimate of drug-likeness (QED) is 0.489. The summed E-state index contributed by atoms with van der Waals surface area (Å²) in [6.45, 7) is 0. The molecule has 2 heteroatoms. The molecule has 2 spiro atoms. The van der Waals surface area contributed by atoms with E-state index in [0.717, 1.165) is 23.7 Å². The maximum Gasteiger partial charge on any atom is 0.313 e. The van der Waals surface area contributed by atoms with E-state index in [9.17, 15) is 4.79 Å². The van der Waals surface area contributed by atoms with Gasteiger partial charge in [0.1, 0.15) is 0 Å². The van der Waals surface area contributed by atoms with Crippen LogP contribution in [0.25, 0.3) is 0 Å². The first-order valence-corrected chi connectivity index (χ1v) is 6.55. The Morgan fingerprint density at radius 3 is 2.94 bits per heavy atom. The van der Waals surface area contributed by atoms with E-state index in [1.807, 2.05) is 0 Å². The van der Waals surface area contributed by atoms with Gasteiger partial charge in [-0.2, -0.15) is 0 Å². The highest BCUT2D eigenvalue weighted by Crippen LogP contribution is 3.16. The minimum Gasteiger partial charge on any atom is -0.469 e. The summed E-state index contributed by atoms with van der Waals surface area (Å²) >= 11 is 0. The van der Waals surface area contributed by atoms with Crippen LogP contribution < -0.4 is 0 Å². The predicted molar refractivity (Wildman–Crippen MR) is 55.1 cm³/mol. The van der Waals surface area contributed by atoms with E-state index >= 15 is 0 Å². The fourth-order valence-electron chi connectivity index (χ4n) is 8.05. The molecule has 0 radical (unpaired) electrons. The maximum atomic E-state index is 12.2. The number of rotatable bonds is 1. The topological polar surface area (TPSA) is 26.3 Å². The summed E-state index contributed by atoms with van der Waals surface area (Å²) in [4.78, 5) is 12.2. The van der Waals surface area contributed by atoms with Crippen LogP contribution in [0.4, 0.5) is 0 Å². The monoisotopic (exact) mass is 214 g/mol. The van der Waals surface area contributed by atoms with E-state index in [1.54, 1.807) is 7.11 Å². The Morgan fingerprint density at radius 1 is 1.31 bits per heavy atom. The van der Waals surface area contributed by atoms with Crippen LogP contribution in [0.1, 0.15) is 12.8 Å². The number of allylic oxidation sites excluding steroid dienone is 2. The van der Waals surface area contributed by atoms with Crippen molar-refractivity contribution in [1.29, 1.82) is 0 Å². The van der Waals surface area contributed by atoms with Gasteiger partial charge < -0.3 is 4.74 Å². The van der Waals surface area contributed by atoms with E-state index in [1.165, 1.54) is 12.8 Å². The summed E-state index contributed by atoms with van der Waals surface area (Å²) in [5, 5.41) is 0. The van der Waals surface area contributed by atoms with Gasteiger partial charge in [-0.3, -0.25) is 4.79 Å². The Bertz CT molecular complexity index is 519. The number of carbonyl (C=O) groups excluding carboxylic acids is 1. The van der Waals surface area contributed by atoms with Gasteiger partial charge in [0.2, 0.25) is 0 Å². The third-order valence-electron chi connectivity index (χ3n) is 7.62. The predicted octanol–water partition coefficient (Wildman–Crippen LogP) is 1.62. The molecule has 4 bridgehead atoms. The van der Waals surface area contributed by atoms with E-state index in [4.69, 9.17) is 4.74 Å². The molecule has 16 heavy (non-hydrogen) atoms. The van der Waals surface area contributed by atoms with Crippen molar-refractivity contribution in [3.8, 4) is 0 Å². The van der Waals surface area contributed by atoms with Crippen molar-refractivity contribution < 1.29 is 9.53 Å². The molecule has 2 nitrogen and oxygen atoms in total. The maximum absolute atomic E-state index is 12.2. The van der Waals surface area contributed by atoms with Crippen LogP contribution in [0.15, 0.2) is 12.2 Å². The van der Waals surface area contributed by atoms with Crippen molar-refractivity contribution in [2.75, 3.05) is 7.11 Å². The number of carbonyl (C=O) groups is 1. The number of esters is 1. The second kappa shape index (κ2) is 1.53. The first-order chi connectivity index (χ1) is 7.78. The first-order valence-electron chi connectivity index (χ1n) is 6.55. The number of fused-ring (bicyclic) bond motifs is 2. The highest BCUT2D eigenvalue weighted by Gasteiger charge is 3.16. The average molecular weight is 214 g/mol. The van der Waals surface area contributed by atoms with Crippen LogP contribution in [0, 0.1) is 45.8 Å². The van der Waals surface area contributed by atoms with Gasteiger partial charge >= 0.3 is 5.97 Å². The molecular weight excluding hydrogens is 200 g/mol. The zero-order valence-electron chi connectivity index (χ0n) is 9.27. The molecule has 7 aliphatic rings. The molecule has 0 unspecified atom stereocenters. The minimum atomic E-state index is 0.0244. The van der Waals surface area contributed by atoms with Crippen LogP contribution in [-0.2, 0) is 9.53 Å². The van der Waals surface area contributed by atoms with Crippen LogP contribution in [0.3, 0.4) is 0 Å². The van der Waals surface area contributed by atoms with Crippen molar-refractivity contribution in [1.82, 2.24) is 0 Å². The minimum absolute atomic E-state index is 0.0244. The fourth-order valence-corrected chi connectivity index (χ4v) is 8.05. The number of methoxy groups -OCH3 is 1. The SMILES string of the molecule is COC(=O)[C@@]12[C@H]3C[C@@H]4[C@@H]1[C@@]41[C@H]4C=C[C@@H](C4)[C@]321. The molecule has 0 saturated heterocycles. The lowest BCUT2D eigenvalue weighted by Crippen LogP contribution is -2.46. The first kappa shape index (κ1) is 7.52. The van der Waals surface area contributed by atoms with Crippen molar-refractivity contribution in [3.05, 3.63) is 12.2 Å². The van der Waals surface area contributed by atoms with Crippen molar-refractivity contribution >= 4 is 5.97 Å². The van der Waals surface area contributed by atoms with E-state index in [2.05, 4.69) is 12.2 Å². The van der Waals surface area contributed by atoms with E-state index < -0.39 is 0 Å². The van der Waals surface area contributed by atoms with Gasteiger partial charge in [0.15, 0.2) is 0 Å². The van der Waals surface area contributed by atoms with Gasteiger partial charge in [-0.1, -0.05) is 12.2 Å². The lowest BCUT2D eigenvalue weighted by molar-refractivity contribution is -0.157. The molecule has 0 aromatic rings. The van der Waals surface area contributed by atoms with Crippen LogP contribution in [0.5, 0.6) is 0 Å². The average Bonchev–Trinajstić information content (AvgIpc) is 2.82. The fraction of sp³-hybridized carbons (Fsp3) is 0.786. The summed E-state index contributed by atoms with van der Waals surface area (Å²) in [6.07, 6.45) is 7.58. The van der Waals surface area contributed by atoms with Gasteiger partial charge in [0.05, 0.1) is 12.5 Å². The molecule has 0 aliphatic heterocycles. The van der Waals surface area contributed by atoms with Gasteiger partial charge in [-0.05, 0) is 47.8 Å². The Kier molecular flexibility index (Phi) is 0.721. The molecular formula is C14H14O2. The van der Waals surface area contributed by atoms with Gasteiger partial charge in [-0.25, -0.2) is 0 Å². The summed E-state index contributed by atoms with van der Waals surface area (Å²) < 4.78 is 5.14. The van der Waals surface area contributed by atoms with Crippen molar-refractivity contribution in [2.45, 2.75) is 12.8 Å². The molecule has 0 aromatic carbocycles. The summed E-state index contributed by atoms with van der Waals surface area (Å²) in [5.74, 6) is 4.04. The molecule has 6 fully saturated rings. The van der Waals surface area contributed by atoms with E-state index in [0.29, 0.717) is 16.7 Å². The van der Waals surface area contributed by atoms with Crippen LogP contribution >= 0.6 is 0 Å². The lowest BCUT2D eigenvalue weighted by atomic mass is 9.60. The molecule has 6 saturated carbocycles. The van der Waals surface area contributed by atoms with Crippen LogP contribution in [0.2, 0.25) is 0 Å². The molecule has 82 valence electrons. The molecule has 0 amide bonds. The normalized spacial score (nSPS) is 76.7. The van der Waals surface area contributed by atoms with Gasteiger partial charge in [0.25, 0.3) is 0 Å². The molecule has 0 aromatic heterocycles. The molecule has 7 rings (SSSR count). The molecule has 0 heterocycles. The molecule has 7 aliphatic carbocycles. The number of hydrogen-bond acceptors (Lipinski definition) is 2. The number of hydrogen-bond donors (Lipinski definition) is 0. The van der Waals surface area contributed by atoms with E-state index in [-0.39, 0.29) is 11.4 Å². The van der Waals surface area contributed by atoms with Crippen molar-refractivity contribution in [2.24, 2.45) is 45.8 Å². The van der Waals surface area contributed by atoms with Gasteiger partial charge in [0, 0.05) is 5.41 Å². The molecule has 8 atom stereocenters. The Hall–Kier alpha value is -0.790. The third-order valence-corrected chi connectivity index (χ3v) is 7.62. The van der Waals surface area contributed by atoms with Gasteiger partial charge in [-0.15, -0.1) is 0 Å². The third kappa shape index (κ3) is 0.306. The highest BCUT2D eigenvalue weighted by atomic mass is 16.5. The Balaban J connectivity index is 1.66. The lowest BCUT2D eigenvalue weighted by Gasteiger charge is -2.42. The summed E-state index contributed by atoms with van der Waals surface area (Å²) in [5.41, 5.74) is 1.06. The number of ether oxygens (including phenoxy) is 1. The summed E-state index contributed by atoms with van der Waals surface area (Å²) in [6, 6.07) is 0. The standard InChI is InChI=1S/C14H14O2/c1-16-11(15)13-9-5-8-10(13)12(8)6-2-3-7(4-6)14(9,12)13/h2-3,6-10H,4-5H2,1H3/t6-,7-,8+,9+,10+,12+,13+,14+/m0/s1. The second-order valence-electron chi connectivity index (χ2n) is 6.87. The Labute approximate surface area is 94.0 Å². The highest BCUT2D eigenvalue weighted by molar-refractivity contribution is 5.92.